The van der Waals surface area contributed by atoms with Crippen molar-refractivity contribution in [3.8, 4) is 22.7 Å². The number of benzene rings is 2. The fraction of sp³-hybridized carbons (Fsp3) is 0.148. The van der Waals surface area contributed by atoms with Gasteiger partial charge in [0.15, 0.2) is 16.5 Å². The molecular formula is C27H20BrN3O6. The number of aryl methyl sites for hydroxylation is 1. The van der Waals surface area contributed by atoms with Gasteiger partial charge in [0, 0.05) is 13.6 Å². The van der Waals surface area contributed by atoms with Crippen LogP contribution in [0.4, 0.5) is 0 Å². The third-order valence-electron chi connectivity index (χ3n) is 6.65. The van der Waals surface area contributed by atoms with Crippen molar-refractivity contribution < 1.29 is 19.1 Å². The molecule has 1 N–H and O–H groups in total. The van der Waals surface area contributed by atoms with E-state index in [-0.39, 0.29) is 12.1 Å². The number of hydrogen-bond acceptors (Lipinski definition) is 5. The second-order valence-electron chi connectivity index (χ2n) is 8.68. The van der Waals surface area contributed by atoms with Gasteiger partial charge in [0.1, 0.15) is 5.75 Å². The fourth-order valence-corrected chi connectivity index (χ4v) is 5.35. The van der Waals surface area contributed by atoms with Crippen LogP contribution in [0.5, 0.6) is 5.75 Å². The van der Waals surface area contributed by atoms with E-state index in [2.05, 4.69) is 15.9 Å². The molecule has 1 atom stereocenters. The molecule has 3 aromatic heterocycles. The quantitative estimate of drug-likeness (QED) is 0.340. The molecule has 9 nitrogen and oxygen atoms in total. The number of fused-ring (bicyclic) bond motifs is 5. The zero-order valence-corrected chi connectivity index (χ0v) is 21.4. The molecule has 6 rings (SSSR count). The van der Waals surface area contributed by atoms with E-state index < -0.39 is 23.3 Å². The van der Waals surface area contributed by atoms with Gasteiger partial charge in [-0.3, -0.25) is 13.9 Å². The molecule has 0 bridgehead atoms. The molecule has 2 aromatic carbocycles. The van der Waals surface area contributed by atoms with Crippen LogP contribution in [-0.4, -0.2) is 24.8 Å². The molecule has 186 valence electrons. The summed E-state index contributed by atoms with van der Waals surface area (Å²) in [6.07, 6.45) is -0.822. The number of hydrogen-bond donors (Lipinski definition) is 1. The van der Waals surface area contributed by atoms with Crippen LogP contribution >= 0.6 is 15.9 Å². The van der Waals surface area contributed by atoms with Crippen molar-refractivity contribution in [2.45, 2.75) is 19.6 Å². The molecule has 1 unspecified atom stereocenters. The number of rotatable bonds is 4. The number of carboxylic acid groups (broad SMARTS) is 1. The average Bonchev–Trinajstić information content (AvgIpc) is 3.49. The number of nitrogens with zero attached hydrogens (tertiary/aromatic N) is 3. The summed E-state index contributed by atoms with van der Waals surface area (Å²) in [4.78, 5) is 39.0. The van der Waals surface area contributed by atoms with Gasteiger partial charge < -0.3 is 18.8 Å². The van der Waals surface area contributed by atoms with Crippen LogP contribution in [0, 0.1) is 0 Å². The molecule has 0 saturated heterocycles. The number of ether oxygens (including phenoxy) is 1. The summed E-state index contributed by atoms with van der Waals surface area (Å²) in [5.41, 5.74) is 1.76. The molecule has 0 radical (unpaired) electrons. The monoisotopic (exact) mass is 561 g/mol. The molecular weight excluding hydrogens is 542 g/mol. The summed E-state index contributed by atoms with van der Waals surface area (Å²) in [6.45, 7) is 1.94. The molecule has 0 amide bonds. The Labute approximate surface area is 217 Å². The first-order valence-corrected chi connectivity index (χ1v) is 12.3. The van der Waals surface area contributed by atoms with Crippen molar-refractivity contribution in [1.29, 1.82) is 0 Å². The van der Waals surface area contributed by atoms with Gasteiger partial charge in [-0.1, -0.05) is 30.3 Å². The van der Waals surface area contributed by atoms with Gasteiger partial charge >= 0.3 is 11.7 Å². The molecule has 10 heteroatoms. The van der Waals surface area contributed by atoms with Gasteiger partial charge in [-0.05, 0) is 58.7 Å². The topological polar surface area (TPSA) is 109 Å². The first-order valence-electron chi connectivity index (χ1n) is 11.5. The normalized spacial score (nSPS) is 14.3. The van der Waals surface area contributed by atoms with Crippen molar-refractivity contribution in [3.63, 3.8) is 0 Å². The number of aromatic nitrogens is 3. The fourth-order valence-electron chi connectivity index (χ4n) is 5.03. The lowest BCUT2D eigenvalue weighted by atomic mass is 10.1. The summed E-state index contributed by atoms with van der Waals surface area (Å²) in [6, 6.07) is 17.4. The maximum absolute atomic E-state index is 13.8. The van der Waals surface area contributed by atoms with Crippen LogP contribution in [0.15, 0.2) is 79.3 Å². The van der Waals surface area contributed by atoms with Gasteiger partial charge in [-0.25, -0.2) is 9.59 Å². The van der Waals surface area contributed by atoms with E-state index in [0.717, 1.165) is 5.56 Å². The zero-order chi connectivity index (χ0) is 26.0. The lowest BCUT2D eigenvalue weighted by Crippen LogP contribution is -2.38. The Morgan fingerprint density at radius 1 is 1.08 bits per heavy atom. The Morgan fingerprint density at radius 2 is 1.84 bits per heavy atom. The Morgan fingerprint density at radius 3 is 2.49 bits per heavy atom. The third-order valence-corrected chi connectivity index (χ3v) is 7.08. The summed E-state index contributed by atoms with van der Waals surface area (Å²) in [7, 11) is 1.62. The summed E-state index contributed by atoms with van der Waals surface area (Å²) in [5, 5.41) is 10.0. The average molecular weight is 562 g/mol. The summed E-state index contributed by atoms with van der Waals surface area (Å²) >= 11 is 3.34. The first kappa shape index (κ1) is 23.1. The predicted octanol–water partition coefficient (Wildman–Crippen LogP) is 4.71. The van der Waals surface area contributed by atoms with Crippen LogP contribution in [0.3, 0.4) is 0 Å². The van der Waals surface area contributed by atoms with E-state index in [4.69, 9.17) is 9.15 Å². The highest BCUT2D eigenvalue weighted by molar-refractivity contribution is 9.10. The van der Waals surface area contributed by atoms with E-state index >= 15 is 0 Å². The lowest BCUT2D eigenvalue weighted by Gasteiger charge is -2.29. The van der Waals surface area contributed by atoms with Crippen molar-refractivity contribution in [2.24, 2.45) is 7.05 Å². The Hall–Kier alpha value is -4.31. The standard InChI is InChI=1S/C27H20BrN3O6/c1-3-30-25(32)20-21(14-7-5-4-6-8-14)31-16-13-15(26(33)34)9-10-17(16)37-24(18-11-12-19(28)36-18)23(31)22(20)29(2)27(30)35/h4-13,24H,3H2,1-2H3,(H,33,34). The molecule has 0 saturated carbocycles. The van der Waals surface area contributed by atoms with Gasteiger partial charge in [0.2, 0.25) is 0 Å². The second-order valence-corrected chi connectivity index (χ2v) is 9.46. The third kappa shape index (κ3) is 3.32. The first-order chi connectivity index (χ1) is 17.8. The highest BCUT2D eigenvalue weighted by Gasteiger charge is 2.38. The van der Waals surface area contributed by atoms with Gasteiger partial charge in [0.05, 0.1) is 33.5 Å². The van der Waals surface area contributed by atoms with Crippen molar-refractivity contribution >= 4 is 32.8 Å². The van der Waals surface area contributed by atoms with Crippen LogP contribution in [-0.2, 0) is 13.6 Å². The summed E-state index contributed by atoms with van der Waals surface area (Å²) in [5.74, 6) is -0.235. The van der Waals surface area contributed by atoms with E-state index in [9.17, 15) is 19.5 Å². The molecule has 5 aromatic rings. The summed E-state index contributed by atoms with van der Waals surface area (Å²) < 4.78 is 17.2. The van der Waals surface area contributed by atoms with Crippen LogP contribution < -0.4 is 16.0 Å². The predicted molar refractivity (Wildman–Crippen MR) is 140 cm³/mol. The maximum Gasteiger partial charge on any atom is 0.335 e. The highest BCUT2D eigenvalue weighted by atomic mass is 79.9. The number of aromatic carboxylic acids is 1. The van der Waals surface area contributed by atoms with Crippen LogP contribution in [0.25, 0.3) is 27.8 Å². The molecule has 1 aliphatic heterocycles. The molecule has 0 aliphatic carbocycles. The molecule has 4 heterocycles. The molecule has 1 aliphatic rings. The van der Waals surface area contributed by atoms with E-state index in [1.54, 1.807) is 32.2 Å². The Bertz CT molecular complexity index is 1840. The van der Waals surface area contributed by atoms with Crippen molar-refractivity contribution in [3.05, 3.63) is 103 Å². The van der Waals surface area contributed by atoms with E-state index in [0.29, 0.717) is 44.2 Å². The number of carbonyl (C=O) groups is 1. The number of furan rings is 1. The number of halogens is 1. The van der Waals surface area contributed by atoms with Crippen molar-refractivity contribution in [2.75, 3.05) is 0 Å². The largest absolute Gasteiger partial charge is 0.478 e. The highest BCUT2D eigenvalue weighted by Crippen LogP contribution is 2.47. The lowest BCUT2D eigenvalue weighted by molar-refractivity contribution is 0.0696. The minimum Gasteiger partial charge on any atom is -0.478 e. The van der Waals surface area contributed by atoms with Crippen molar-refractivity contribution in [1.82, 2.24) is 13.7 Å². The van der Waals surface area contributed by atoms with E-state index in [1.807, 2.05) is 34.9 Å². The van der Waals surface area contributed by atoms with Gasteiger partial charge in [0.25, 0.3) is 5.56 Å². The van der Waals surface area contributed by atoms with E-state index in [1.165, 1.54) is 21.3 Å². The van der Waals surface area contributed by atoms with Crippen LogP contribution in [0.2, 0.25) is 0 Å². The SMILES string of the molecule is CCn1c(=O)c2c(-c3ccccc3)n3c(c2n(C)c1=O)C(c1ccc(Br)o1)Oc1ccc(C(=O)O)cc1-3. The molecule has 37 heavy (non-hydrogen) atoms. The van der Waals surface area contributed by atoms with Crippen LogP contribution in [0.1, 0.15) is 34.8 Å². The molecule has 0 fully saturated rings. The minimum atomic E-state index is -1.10. The molecule has 0 spiro atoms. The second kappa shape index (κ2) is 8.38. The minimum absolute atomic E-state index is 0.0594. The zero-order valence-electron chi connectivity index (χ0n) is 19.8. The Balaban J connectivity index is 1.88. The van der Waals surface area contributed by atoms with Gasteiger partial charge in [-0.15, -0.1) is 0 Å². The maximum atomic E-state index is 13.8. The smallest absolute Gasteiger partial charge is 0.335 e. The number of carboxylic acids is 1. The Kier molecular flexibility index (Phi) is 5.23. The van der Waals surface area contributed by atoms with Gasteiger partial charge in [-0.2, -0.15) is 0 Å².